The van der Waals surface area contributed by atoms with Crippen LogP contribution < -0.4 is 11.3 Å². The highest BCUT2D eigenvalue weighted by Gasteiger charge is 2.16. The number of furan rings is 1. The van der Waals surface area contributed by atoms with E-state index in [4.69, 9.17) is 10.3 Å². The topological polar surface area (TPSA) is 64.1 Å². The molecule has 0 spiro atoms. The van der Waals surface area contributed by atoms with Crippen LogP contribution in [0.5, 0.6) is 0 Å². The third-order valence-electron chi connectivity index (χ3n) is 3.13. The molecule has 2 aromatic heterocycles. The summed E-state index contributed by atoms with van der Waals surface area (Å²) in [6.45, 7) is 4.13. The molecule has 2 rings (SSSR count). The first-order valence-electron chi connectivity index (χ1n) is 6.18. The summed E-state index contributed by atoms with van der Waals surface area (Å²) in [5.41, 5.74) is 6.14. The van der Waals surface area contributed by atoms with Gasteiger partial charge in [0.15, 0.2) is 0 Å². The molecular weight excluding hydrogens is 226 g/mol. The van der Waals surface area contributed by atoms with Crippen molar-refractivity contribution in [2.75, 3.05) is 0 Å². The zero-order valence-corrected chi connectivity index (χ0v) is 10.8. The van der Waals surface area contributed by atoms with Crippen LogP contribution in [-0.4, -0.2) is 4.98 Å². The van der Waals surface area contributed by atoms with Gasteiger partial charge in [-0.05, 0) is 36.6 Å². The summed E-state index contributed by atoms with van der Waals surface area (Å²) in [5, 5.41) is 0. The van der Waals surface area contributed by atoms with Gasteiger partial charge in [-0.15, -0.1) is 0 Å². The Morgan fingerprint density at radius 1 is 1.39 bits per heavy atom. The second-order valence-electron chi connectivity index (χ2n) is 4.40. The molecule has 0 radical (unpaired) electrons. The number of nitrogens with zero attached hydrogens (tertiary/aromatic N) is 1. The number of hydrazine groups is 1. The van der Waals surface area contributed by atoms with E-state index < -0.39 is 0 Å². The van der Waals surface area contributed by atoms with Gasteiger partial charge in [0, 0.05) is 18.3 Å². The molecule has 2 heterocycles. The first-order chi connectivity index (χ1) is 8.74. The van der Waals surface area contributed by atoms with E-state index in [2.05, 4.69) is 23.4 Å². The van der Waals surface area contributed by atoms with Crippen LogP contribution in [0.3, 0.4) is 0 Å². The van der Waals surface area contributed by atoms with Gasteiger partial charge in [0.1, 0.15) is 5.76 Å². The fraction of sp³-hybridized carbons (Fsp3) is 0.357. The van der Waals surface area contributed by atoms with Gasteiger partial charge in [-0.1, -0.05) is 13.0 Å². The average molecular weight is 245 g/mol. The SMILES string of the molecule is CCc1ccc(CC(NN)c2occc2C)nc1. The van der Waals surface area contributed by atoms with E-state index in [1.165, 1.54) is 5.56 Å². The fourth-order valence-electron chi connectivity index (χ4n) is 1.96. The number of hydrogen-bond donors (Lipinski definition) is 2. The van der Waals surface area contributed by atoms with Crippen LogP contribution in [0.4, 0.5) is 0 Å². The summed E-state index contributed by atoms with van der Waals surface area (Å²) >= 11 is 0. The molecule has 0 aromatic carbocycles. The highest BCUT2D eigenvalue weighted by Crippen LogP contribution is 2.21. The van der Waals surface area contributed by atoms with Crippen molar-refractivity contribution in [1.82, 2.24) is 10.4 Å². The van der Waals surface area contributed by atoms with Crippen LogP contribution in [0.2, 0.25) is 0 Å². The molecule has 4 heteroatoms. The lowest BCUT2D eigenvalue weighted by Gasteiger charge is -2.14. The molecule has 4 nitrogen and oxygen atoms in total. The maximum Gasteiger partial charge on any atom is 0.125 e. The number of pyridine rings is 1. The molecule has 0 aliphatic rings. The second kappa shape index (κ2) is 5.80. The Morgan fingerprint density at radius 2 is 2.22 bits per heavy atom. The summed E-state index contributed by atoms with van der Waals surface area (Å²) < 4.78 is 5.46. The number of rotatable bonds is 5. The van der Waals surface area contributed by atoms with Crippen molar-refractivity contribution < 1.29 is 4.42 Å². The van der Waals surface area contributed by atoms with Crippen molar-refractivity contribution in [3.05, 3.63) is 53.2 Å². The van der Waals surface area contributed by atoms with E-state index in [9.17, 15) is 0 Å². The summed E-state index contributed by atoms with van der Waals surface area (Å²) in [4.78, 5) is 4.44. The van der Waals surface area contributed by atoms with Gasteiger partial charge < -0.3 is 4.42 Å². The molecule has 1 atom stereocenters. The Morgan fingerprint density at radius 3 is 2.72 bits per heavy atom. The van der Waals surface area contributed by atoms with Crippen molar-refractivity contribution in [2.45, 2.75) is 32.7 Å². The average Bonchev–Trinajstić information content (AvgIpc) is 2.83. The molecule has 3 N–H and O–H groups in total. The predicted molar refractivity (Wildman–Crippen MR) is 70.8 cm³/mol. The summed E-state index contributed by atoms with van der Waals surface area (Å²) in [5.74, 6) is 6.47. The Kier molecular flexibility index (Phi) is 4.12. The summed E-state index contributed by atoms with van der Waals surface area (Å²) in [7, 11) is 0. The van der Waals surface area contributed by atoms with Gasteiger partial charge in [0.05, 0.1) is 12.3 Å². The van der Waals surface area contributed by atoms with Gasteiger partial charge >= 0.3 is 0 Å². The van der Waals surface area contributed by atoms with Crippen molar-refractivity contribution in [3.8, 4) is 0 Å². The van der Waals surface area contributed by atoms with Gasteiger partial charge in [-0.25, -0.2) is 5.43 Å². The summed E-state index contributed by atoms with van der Waals surface area (Å²) in [6, 6.07) is 6.04. The maximum atomic E-state index is 5.60. The van der Waals surface area contributed by atoms with E-state index in [0.717, 1.165) is 29.9 Å². The Hall–Kier alpha value is -1.65. The van der Waals surface area contributed by atoms with Crippen LogP contribution in [0.1, 0.15) is 35.5 Å². The number of aryl methyl sites for hydroxylation is 2. The highest BCUT2D eigenvalue weighted by atomic mass is 16.3. The first kappa shape index (κ1) is 12.8. The zero-order valence-electron chi connectivity index (χ0n) is 10.8. The second-order valence-corrected chi connectivity index (χ2v) is 4.40. The van der Waals surface area contributed by atoms with Crippen LogP contribution in [0.15, 0.2) is 35.1 Å². The molecule has 0 aliphatic carbocycles. The minimum Gasteiger partial charge on any atom is -0.467 e. The van der Waals surface area contributed by atoms with Crippen molar-refractivity contribution in [3.63, 3.8) is 0 Å². The maximum absolute atomic E-state index is 5.60. The Labute approximate surface area is 107 Å². The molecule has 0 saturated carbocycles. The molecule has 96 valence electrons. The Balaban J connectivity index is 2.13. The third-order valence-corrected chi connectivity index (χ3v) is 3.13. The molecular formula is C14H19N3O. The molecule has 0 saturated heterocycles. The van der Waals surface area contributed by atoms with Gasteiger partial charge in [-0.2, -0.15) is 0 Å². The van der Waals surface area contributed by atoms with Crippen LogP contribution >= 0.6 is 0 Å². The standard InChI is InChI=1S/C14H19N3O/c1-3-11-4-5-12(16-9-11)8-13(17-15)14-10(2)6-7-18-14/h4-7,9,13,17H,3,8,15H2,1-2H3. The fourth-order valence-corrected chi connectivity index (χ4v) is 1.96. The van der Waals surface area contributed by atoms with Crippen molar-refractivity contribution in [1.29, 1.82) is 0 Å². The third kappa shape index (κ3) is 2.78. The van der Waals surface area contributed by atoms with E-state index >= 15 is 0 Å². The quantitative estimate of drug-likeness (QED) is 0.626. The largest absolute Gasteiger partial charge is 0.467 e. The number of nitrogens with one attached hydrogen (secondary N) is 1. The van der Waals surface area contributed by atoms with Crippen LogP contribution in [-0.2, 0) is 12.8 Å². The minimum atomic E-state index is -0.0417. The number of hydrogen-bond acceptors (Lipinski definition) is 4. The van der Waals surface area contributed by atoms with E-state index in [0.29, 0.717) is 0 Å². The molecule has 0 amide bonds. The molecule has 0 bridgehead atoms. The van der Waals surface area contributed by atoms with Gasteiger partial charge in [0.2, 0.25) is 0 Å². The monoisotopic (exact) mass is 245 g/mol. The van der Waals surface area contributed by atoms with E-state index in [1.54, 1.807) is 6.26 Å². The lowest BCUT2D eigenvalue weighted by molar-refractivity contribution is 0.411. The van der Waals surface area contributed by atoms with Gasteiger partial charge in [-0.3, -0.25) is 10.8 Å². The number of aromatic nitrogens is 1. The van der Waals surface area contributed by atoms with Crippen molar-refractivity contribution in [2.24, 2.45) is 5.84 Å². The lowest BCUT2D eigenvalue weighted by atomic mass is 10.1. The lowest BCUT2D eigenvalue weighted by Crippen LogP contribution is -2.30. The first-order valence-corrected chi connectivity index (χ1v) is 6.18. The summed E-state index contributed by atoms with van der Waals surface area (Å²) in [6.07, 6.45) is 5.32. The predicted octanol–water partition coefficient (Wildman–Crippen LogP) is 2.29. The van der Waals surface area contributed by atoms with Crippen molar-refractivity contribution >= 4 is 0 Å². The molecule has 18 heavy (non-hydrogen) atoms. The van der Waals surface area contributed by atoms with Crippen LogP contribution in [0, 0.1) is 6.92 Å². The Bertz CT molecular complexity index is 490. The number of nitrogens with two attached hydrogens (primary N) is 1. The smallest absolute Gasteiger partial charge is 0.125 e. The molecule has 0 fully saturated rings. The molecule has 1 unspecified atom stereocenters. The van der Waals surface area contributed by atoms with E-state index in [1.807, 2.05) is 25.3 Å². The van der Waals surface area contributed by atoms with Crippen LogP contribution in [0.25, 0.3) is 0 Å². The molecule has 0 aliphatic heterocycles. The molecule has 2 aromatic rings. The normalized spacial score (nSPS) is 12.6. The highest BCUT2D eigenvalue weighted by molar-refractivity contribution is 5.21. The van der Waals surface area contributed by atoms with E-state index in [-0.39, 0.29) is 6.04 Å². The minimum absolute atomic E-state index is 0.0417. The van der Waals surface area contributed by atoms with Gasteiger partial charge in [0.25, 0.3) is 0 Å². The zero-order chi connectivity index (χ0) is 13.0.